The van der Waals surface area contributed by atoms with Crippen LogP contribution < -0.4 is 5.32 Å². The molecule has 0 aliphatic heterocycles. The summed E-state index contributed by atoms with van der Waals surface area (Å²) < 4.78 is 16.0. The summed E-state index contributed by atoms with van der Waals surface area (Å²) in [5.74, 6) is 0.927. The van der Waals surface area contributed by atoms with Crippen LogP contribution in [0, 0.1) is 23.2 Å². The van der Waals surface area contributed by atoms with Gasteiger partial charge >= 0.3 is 0 Å². The van der Waals surface area contributed by atoms with E-state index < -0.39 is 11.3 Å². The molecule has 4 rings (SSSR count). The molecule has 0 saturated heterocycles. The van der Waals surface area contributed by atoms with Crippen LogP contribution in [0.4, 0.5) is 4.39 Å². The second-order valence-corrected chi connectivity index (χ2v) is 9.72. The molecule has 25 heavy (non-hydrogen) atoms. The van der Waals surface area contributed by atoms with Crippen LogP contribution in [0.25, 0.3) is 0 Å². The number of hydrogen-bond acceptors (Lipinski definition) is 3. The Bertz CT molecular complexity index is 475. The molecule has 4 heteroatoms. The zero-order valence-electron chi connectivity index (χ0n) is 16.4. The highest BCUT2D eigenvalue weighted by molar-refractivity contribution is 5.16. The number of rotatable bonds is 0. The van der Waals surface area contributed by atoms with E-state index in [4.69, 9.17) is 0 Å². The highest BCUT2D eigenvalue weighted by Gasteiger charge is 2.66. The van der Waals surface area contributed by atoms with Gasteiger partial charge in [-0.1, -0.05) is 13.3 Å². The summed E-state index contributed by atoms with van der Waals surface area (Å²) >= 11 is 0. The first-order chi connectivity index (χ1) is 11.8. The first kappa shape index (κ1) is 19.6. The highest BCUT2D eigenvalue weighted by Crippen LogP contribution is 2.64. The summed E-state index contributed by atoms with van der Waals surface area (Å²) in [6, 6.07) is 0. The average Bonchev–Trinajstić information content (AvgIpc) is 2.90. The van der Waals surface area contributed by atoms with Crippen molar-refractivity contribution in [2.24, 2.45) is 23.2 Å². The number of aliphatic hydroxyl groups is 2. The molecule has 146 valence electrons. The predicted molar refractivity (Wildman–Crippen MR) is 99.1 cm³/mol. The van der Waals surface area contributed by atoms with Crippen molar-refractivity contribution in [1.82, 2.24) is 5.32 Å². The minimum absolute atomic E-state index is 0.142. The van der Waals surface area contributed by atoms with Gasteiger partial charge in [-0.05, 0) is 101 Å². The van der Waals surface area contributed by atoms with Gasteiger partial charge in [-0.2, -0.15) is 0 Å². The highest BCUT2D eigenvalue weighted by atomic mass is 19.1. The molecule has 0 amide bonds. The topological polar surface area (TPSA) is 52.5 Å². The van der Waals surface area contributed by atoms with Crippen molar-refractivity contribution >= 4 is 0 Å². The van der Waals surface area contributed by atoms with Gasteiger partial charge in [-0.25, -0.2) is 4.39 Å². The minimum atomic E-state index is -1.42. The molecule has 0 aromatic carbocycles. The van der Waals surface area contributed by atoms with E-state index >= 15 is 4.39 Å². The molecule has 4 fully saturated rings. The Morgan fingerprint density at radius 3 is 2.40 bits per heavy atom. The molecule has 7 atom stereocenters. The van der Waals surface area contributed by atoms with E-state index in [0.29, 0.717) is 25.2 Å². The van der Waals surface area contributed by atoms with Crippen LogP contribution in [-0.2, 0) is 0 Å². The van der Waals surface area contributed by atoms with Crippen LogP contribution in [0.5, 0.6) is 0 Å². The van der Waals surface area contributed by atoms with E-state index in [1.165, 1.54) is 0 Å². The van der Waals surface area contributed by atoms with Crippen LogP contribution in [0.2, 0.25) is 0 Å². The zero-order chi connectivity index (χ0) is 18.3. The third kappa shape index (κ3) is 3.27. The Balaban J connectivity index is 0.000000569. The second kappa shape index (κ2) is 7.09. The molecule has 4 saturated carbocycles. The fourth-order valence-electron chi connectivity index (χ4n) is 6.79. The Labute approximate surface area is 152 Å². The van der Waals surface area contributed by atoms with Crippen LogP contribution in [0.15, 0.2) is 0 Å². The monoisotopic (exact) mass is 355 g/mol. The van der Waals surface area contributed by atoms with Gasteiger partial charge < -0.3 is 15.5 Å². The summed E-state index contributed by atoms with van der Waals surface area (Å²) in [6.07, 6.45) is 9.19. The molecule has 0 aromatic heterocycles. The van der Waals surface area contributed by atoms with E-state index in [9.17, 15) is 10.2 Å². The van der Waals surface area contributed by atoms with E-state index in [2.05, 4.69) is 12.2 Å². The Morgan fingerprint density at radius 1 is 0.960 bits per heavy atom. The van der Waals surface area contributed by atoms with Gasteiger partial charge in [-0.3, -0.25) is 0 Å². The van der Waals surface area contributed by atoms with Gasteiger partial charge in [-0.15, -0.1) is 0 Å². The maximum Gasteiger partial charge on any atom is 0.140 e. The third-order valence-corrected chi connectivity index (χ3v) is 8.12. The molecule has 0 spiro atoms. The lowest BCUT2D eigenvalue weighted by Crippen LogP contribution is -2.62. The molecule has 0 bridgehead atoms. The van der Waals surface area contributed by atoms with Crippen LogP contribution in [-0.4, -0.2) is 41.7 Å². The van der Waals surface area contributed by atoms with E-state index in [-0.39, 0.29) is 23.4 Å². The molecule has 4 aliphatic rings. The molecular weight excluding hydrogens is 317 g/mol. The largest absolute Gasteiger partial charge is 0.393 e. The van der Waals surface area contributed by atoms with Crippen LogP contribution >= 0.6 is 0 Å². The van der Waals surface area contributed by atoms with Crippen molar-refractivity contribution in [3.8, 4) is 0 Å². The number of nitrogens with one attached hydrogen (secondary N) is 1. The van der Waals surface area contributed by atoms with E-state index in [1.807, 2.05) is 14.1 Å². The average molecular weight is 356 g/mol. The van der Waals surface area contributed by atoms with Crippen LogP contribution in [0.1, 0.15) is 77.6 Å². The number of alkyl halides is 1. The molecule has 6 unspecified atom stereocenters. The van der Waals surface area contributed by atoms with Crippen molar-refractivity contribution < 1.29 is 14.6 Å². The maximum absolute atomic E-state index is 16.0. The lowest BCUT2D eigenvalue weighted by molar-refractivity contribution is -0.201. The molecule has 0 heterocycles. The lowest BCUT2D eigenvalue weighted by Gasteiger charge is -2.55. The summed E-state index contributed by atoms with van der Waals surface area (Å²) in [4.78, 5) is 0. The van der Waals surface area contributed by atoms with Gasteiger partial charge in [0.05, 0.1) is 6.10 Å². The number of halogens is 1. The van der Waals surface area contributed by atoms with Crippen molar-refractivity contribution in [3.05, 3.63) is 0 Å². The third-order valence-electron chi connectivity index (χ3n) is 8.12. The fraction of sp³-hybridized carbons (Fsp3) is 1.00. The molecule has 4 aliphatic carbocycles. The first-order valence-corrected chi connectivity index (χ1v) is 10.5. The molecular formula is C21H38FNO2. The SMILES string of the molecule is CC12CCCC1[C@@]1(O)CCC3CCC(O)CC3CC1(F)CC2.CNC. The summed E-state index contributed by atoms with van der Waals surface area (Å²) in [6.45, 7) is 2.28. The van der Waals surface area contributed by atoms with Gasteiger partial charge in [0.15, 0.2) is 0 Å². The molecule has 0 aromatic rings. The Hall–Kier alpha value is -0.190. The predicted octanol–water partition coefficient (Wildman–Crippen LogP) is 3.82. The van der Waals surface area contributed by atoms with Gasteiger partial charge in [0, 0.05) is 0 Å². The molecule has 3 nitrogen and oxygen atoms in total. The summed E-state index contributed by atoms with van der Waals surface area (Å²) in [5.41, 5.74) is -2.38. The quantitative estimate of drug-likeness (QED) is 0.619. The van der Waals surface area contributed by atoms with Crippen molar-refractivity contribution in [1.29, 1.82) is 0 Å². The van der Waals surface area contributed by atoms with Gasteiger partial charge in [0.2, 0.25) is 0 Å². The minimum Gasteiger partial charge on any atom is -0.393 e. The van der Waals surface area contributed by atoms with E-state index in [1.54, 1.807) is 0 Å². The summed E-state index contributed by atoms with van der Waals surface area (Å²) in [7, 11) is 3.75. The standard InChI is InChI=1S/C19H31FO2.C2H7N/c1-17-7-2-3-16(17)19(22)8-6-13-4-5-15(21)11-14(13)12-18(19,20)10-9-17;1-3-2/h13-16,21-22H,2-12H2,1H3;3H,1-2H3/t13?,14?,15?,16?,17?,18?,19-;/m0./s1. The number of fused-ring (bicyclic) bond motifs is 4. The zero-order valence-corrected chi connectivity index (χ0v) is 16.4. The number of hydrogen-bond donors (Lipinski definition) is 3. The fourth-order valence-corrected chi connectivity index (χ4v) is 6.79. The van der Waals surface area contributed by atoms with E-state index in [0.717, 1.165) is 51.4 Å². The summed E-state index contributed by atoms with van der Waals surface area (Å²) in [5, 5.41) is 24.3. The first-order valence-electron chi connectivity index (χ1n) is 10.5. The van der Waals surface area contributed by atoms with Crippen molar-refractivity contribution in [2.45, 2.75) is 94.9 Å². The Kier molecular flexibility index (Phi) is 5.55. The second-order valence-electron chi connectivity index (χ2n) is 9.72. The van der Waals surface area contributed by atoms with Crippen molar-refractivity contribution in [2.75, 3.05) is 14.1 Å². The molecule has 0 radical (unpaired) electrons. The van der Waals surface area contributed by atoms with Crippen LogP contribution in [0.3, 0.4) is 0 Å². The Morgan fingerprint density at radius 2 is 1.68 bits per heavy atom. The number of aliphatic hydroxyl groups excluding tert-OH is 1. The lowest BCUT2D eigenvalue weighted by atomic mass is 9.55. The van der Waals surface area contributed by atoms with Gasteiger partial charge in [0.25, 0.3) is 0 Å². The molecule has 3 N–H and O–H groups in total. The van der Waals surface area contributed by atoms with Crippen molar-refractivity contribution in [3.63, 3.8) is 0 Å². The van der Waals surface area contributed by atoms with Gasteiger partial charge in [0.1, 0.15) is 11.3 Å². The maximum atomic E-state index is 16.0. The normalized spacial score (nSPS) is 52.1. The smallest absolute Gasteiger partial charge is 0.140 e.